The average Bonchev–Trinajstić information content (AvgIpc) is 2.87. The van der Waals surface area contributed by atoms with Crippen LogP contribution >= 0.6 is 22.9 Å². The molecule has 1 atom stereocenters. The van der Waals surface area contributed by atoms with Gasteiger partial charge in [-0.25, -0.2) is 0 Å². The van der Waals surface area contributed by atoms with Crippen LogP contribution in [0.5, 0.6) is 0 Å². The van der Waals surface area contributed by atoms with Crippen LogP contribution in [0.1, 0.15) is 29.2 Å². The molecule has 0 saturated heterocycles. The highest BCUT2D eigenvalue weighted by atomic mass is 35.5. The summed E-state index contributed by atoms with van der Waals surface area (Å²) < 4.78 is 0. The van der Waals surface area contributed by atoms with Gasteiger partial charge in [0.1, 0.15) is 0 Å². The first kappa shape index (κ1) is 13.6. The fourth-order valence-electron chi connectivity index (χ4n) is 2.05. The highest BCUT2D eigenvalue weighted by Gasteiger charge is 2.10. The molecule has 0 fully saturated rings. The van der Waals surface area contributed by atoms with E-state index in [0.29, 0.717) is 6.04 Å². The monoisotopic (exact) mass is 279 g/mol. The first-order valence-corrected chi connectivity index (χ1v) is 7.47. The maximum absolute atomic E-state index is 6.19. The molecule has 1 N–H and O–H groups in total. The van der Waals surface area contributed by atoms with Crippen molar-refractivity contribution in [2.75, 3.05) is 7.05 Å². The SMILES string of the molecule is CNC(CCc1ccsc1)c1ccc(C)c(Cl)c1. The molecular formula is C15H18ClNS. The fraction of sp³-hybridized carbons (Fsp3) is 0.333. The number of benzene rings is 1. The van der Waals surface area contributed by atoms with E-state index in [1.807, 2.05) is 14.0 Å². The van der Waals surface area contributed by atoms with Crippen molar-refractivity contribution in [3.63, 3.8) is 0 Å². The molecule has 1 aromatic heterocycles. The Morgan fingerprint density at radius 2 is 2.17 bits per heavy atom. The third-order valence-electron chi connectivity index (χ3n) is 3.25. The van der Waals surface area contributed by atoms with E-state index in [4.69, 9.17) is 11.6 Å². The molecule has 0 aliphatic carbocycles. The van der Waals surface area contributed by atoms with E-state index in [1.54, 1.807) is 11.3 Å². The Morgan fingerprint density at radius 1 is 1.33 bits per heavy atom. The van der Waals surface area contributed by atoms with Crippen LogP contribution in [0.3, 0.4) is 0 Å². The Hall–Kier alpha value is -0.830. The molecule has 1 unspecified atom stereocenters. The lowest BCUT2D eigenvalue weighted by atomic mass is 9.99. The number of hydrogen-bond donors (Lipinski definition) is 1. The van der Waals surface area contributed by atoms with E-state index in [0.717, 1.165) is 23.4 Å². The van der Waals surface area contributed by atoms with Crippen molar-refractivity contribution < 1.29 is 0 Å². The third kappa shape index (κ3) is 3.35. The molecule has 96 valence electrons. The van der Waals surface area contributed by atoms with Crippen molar-refractivity contribution in [3.8, 4) is 0 Å². The smallest absolute Gasteiger partial charge is 0.0438 e. The van der Waals surface area contributed by atoms with Crippen LogP contribution in [0.25, 0.3) is 0 Å². The van der Waals surface area contributed by atoms with Crippen LogP contribution in [0, 0.1) is 6.92 Å². The number of aryl methyl sites for hydroxylation is 2. The zero-order valence-corrected chi connectivity index (χ0v) is 12.3. The first-order valence-electron chi connectivity index (χ1n) is 6.15. The van der Waals surface area contributed by atoms with E-state index in [2.05, 4.69) is 40.3 Å². The average molecular weight is 280 g/mol. The van der Waals surface area contributed by atoms with Gasteiger partial charge < -0.3 is 5.32 Å². The minimum absolute atomic E-state index is 0.364. The van der Waals surface area contributed by atoms with Crippen molar-refractivity contribution >= 4 is 22.9 Å². The van der Waals surface area contributed by atoms with Gasteiger partial charge in [0.2, 0.25) is 0 Å². The second kappa shape index (κ2) is 6.37. The zero-order valence-electron chi connectivity index (χ0n) is 10.7. The van der Waals surface area contributed by atoms with Gasteiger partial charge in [-0.15, -0.1) is 0 Å². The number of hydrogen-bond acceptors (Lipinski definition) is 2. The highest BCUT2D eigenvalue weighted by Crippen LogP contribution is 2.24. The maximum atomic E-state index is 6.19. The van der Waals surface area contributed by atoms with Gasteiger partial charge in [-0.05, 0) is 66.4 Å². The van der Waals surface area contributed by atoms with E-state index in [-0.39, 0.29) is 0 Å². The van der Waals surface area contributed by atoms with E-state index >= 15 is 0 Å². The molecule has 1 nitrogen and oxygen atoms in total. The van der Waals surface area contributed by atoms with Gasteiger partial charge in [0.05, 0.1) is 0 Å². The molecule has 1 aromatic carbocycles. The summed E-state index contributed by atoms with van der Waals surface area (Å²) in [6.07, 6.45) is 2.19. The predicted octanol–water partition coefficient (Wildman–Crippen LogP) is 4.60. The lowest BCUT2D eigenvalue weighted by molar-refractivity contribution is 0.549. The van der Waals surface area contributed by atoms with Crippen molar-refractivity contribution in [3.05, 3.63) is 56.7 Å². The van der Waals surface area contributed by atoms with Crippen LogP contribution in [-0.2, 0) is 6.42 Å². The van der Waals surface area contributed by atoms with Crippen molar-refractivity contribution in [2.24, 2.45) is 0 Å². The van der Waals surface area contributed by atoms with Crippen LogP contribution < -0.4 is 5.32 Å². The minimum atomic E-state index is 0.364. The normalized spacial score (nSPS) is 12.6. The molecule has 0 bridgehead atoms. The third-order valence-corrected chi connectivity index (χ3v) is 4.39. The lowest BCUT2D eigenvalue weighted by Gasteiger charge is -2.17. The second-order valence-electron chi connectivity index (χ2n) is 4.52. The molecule has 18 heavy (non-hydrogen) atoms. The molecule has 0 amide bonds. The Kier molecular flexibility index (Phi) is 4.81. The molecule has 2 aromatic rings. The summed E-state index contributed by atoms with van der Waals surface area (Å²) >= 11 is 7.95. The Bertz CT molecular complexity index is 493. The summed E-state index contributed by atoms with van der Waals surface area (Å²) in [6, 6.07) is 8.89. The van der Waals surface area contributed by atoms with Crippen molar-refractivity contribution in [2.45, 2.75) is 25.8 Å². The molecule has 0 aliphatic heterocycles. The Balaban J connectivity index is 2.05. The predicted molar refractivity (Wildman–Crippen MR) is 80.6 cm³/mol. The van der Waals surface area contributed by atoms with E-state index in [1.165, 1.54) is 11.1 Å². The van der Waals surface area contributed by atoms with Gasteiger partial charge in [-0.2, -0.15) is 11.3 Å². The Labute approximate surface area is 118 Å². The molecule has 0 radical (unpaired) electrons. The van der Waals surface area contributed by atoms with Gasteiger partial charge in [-0.1, -0.05) is 23.7 Å². The van der Waals surface area contributed by atoms with Gasteiger partial charge in [-0.3, -0.25) is 0 Å². The Morgan fingerprint density at radius 3 is 2.78 bits per heavy atom. The highest BCUT2D eigenvalue weighted by molar-refractivity contribution is 7.07. The minimum Gasteiger partial charge on any atom is -0.313 e. The standard InChI is InChI=1S/C15H18ClNS/c1-11-3-5-13(9-14(11)16)15(17-2)6-4-12-7-8-18-10-12/h3,5,7-10,15,17H,4,6H2,1-2H3. The van der Waals surface area contributed by atoms with E-state index < -0.39 is 0 Å². The number of rotatable bonds is 5. The summed E-state index contributed by atoms with van der Waals surface area (Å²) in [5, 5.41) is 8.57. The molecular weight excluding hydrogens is 262 g/mol. The summed E-state index contributed by atoms with van der Waals surface area (Å²) in [7, 11) is 2.01. The fourth-order valence-corrected chi connectivity index (χ4v) is 2.94. The quantitative estimate of drug-likeness (QED) is 0.843. The topological polar surface area (TPSA) is 12.0 Å². The zero-order chi connectivity index (χ0) is 13.0. The summed E-state index contributed by atoms with van der Waals surface area (Å²) in [5.41, 5.74) is 3.81. The second-order valence-corrected chi connectivity index (χ2v) is 5.71. The molecule has 0 aliphatic rings. The molecule has 0 spiro atoms. The molecule has 0 saturated carbocycles. The van der Waals surface area contributed by atoms with Gasteiger partial charge in [0.15, 0.2) is 0 Å². The van der Waals surface area contributed by atoms with Crippen LogP contribution in [0.4, 0.5) is 0 Å². The molecule has 3 heteroatoms. The van der Waals surface area contributed by atoms with Crippen LogP contribution in [-0.4, -0.2) is 7.05 Å². The lowest BCUT2D eigenvalue weighted by Crippen LogP contribution is -2.17. The largest absolute Gasteiger partial charge is 0.313 e. The number of thiophene rings is 1. The summed E-state index contributed by atoms with van der Waals surface area (Å²) in [4.78, 5) is 0. The van der Waals surface area contributed by atoms with E-state index in [9.17, 15) is 0 Å². The van der Waals surface area contributed by atoms with Gasteiger partial charge in [0, 0.05) is 11.1 Å². The van der Waals surface area contributed by atoms with Crippen LogP contribution in [0.2, 0.25) is 5.02 Å². The maximum Gasteiger partial charge on any atom is 0.0438 e. The van der Waals surface area contributed by atoms with Gasteiger partial charge in [0.25, 0.3) is 0 Å². The van der Waals surface area contributed by atoms with Crippen molar-refractivity contribution in [1.29, 1.82) is 0 Å². The number of halogens is 1. The summed E-state index contributed by atoms with van der Waals surface area (Å²) in [6.45, 7) is 2.03. The molecule has 1 heterocycles. The van der Waals surface area contributed by atoms with Crippen LogP contribution in [0.15, 0.2) is 35.0 Å². The number of nitrogens with one attached hydrogen (secondary N) is 1. The molecule has 2 rings (SSSR count). The van der Waals surface area contributed by atoms with Gasteiger partial charge >= 0.3 is 0 Å². The first-order chi connectivity index (χ1) is 8.70. The summed E-state index contributed by atoms with van der Waals surface area (Å²) in [5.74, 6) is 0. The van der Waals surface area contributed by atoms with Crippen molar-refractivity contribution in [1.82, 2.24) is 5.32 Å².